The van der Waals surface area contributed by atoms with Crippen LogP contribution in [0.4, 0.5) is 0 Å². The molecule has 0 atom stereocenters. The number of benzene rings is 1. The van der Waals surface area contributed by atoms with E-state index in [0.29, 0.717) is 24.4 Å². The molecule has 1 fully saturated rings. The van der Waals surface area contributed by atoms with Gasteiger partial charge in [0, 0.05) is 18.5 Å². The van der Waals surface area contributed by atoms with Crippen LogP contribution < -0.4 is 4.72 Å². The van der Waals surface area contributed by atoms with E-state index >= 15 is 0 Å². The van der Waals surface area contributed by atoms with Gasteiger partial charge in [0.25, 0.3) is 0 Å². The van der Waals surface area contributed by atoms with Gasteiger partial charge in [-0.1, -0.05) is 24.0 Å². The maximum absolute atomic E-state index is 12.2. The van der Waals surface area contributed by atoms with Gasteiger partial charge in [0.15, 0.2) is 0 Å². The second-order valence-electron chi connectivity index (χ2n) is 4.57. The fraction of sp³-hybridized carbons (Fsp3) is 0.429. The van der Waals surface area contributed by atoms with E-state index in [2.05, 4.69) is 16.6 Å². The van der Waals surface area contributed by atoms with E-state index in [9.17, 15) is 8.42 Å². The Balaban J connectivity index is 2.20. The highest BCUT2D eigenvalue weighted by Gasteiger charge is 2.25. The number of aliphatic hydroxyl groups is 1. The topological polar surface area (TPSA) is 66.4 Å². The zero-order valence-electron chi connectivity index (χ0n) is 10.6. The molecule has 0 aromatic heterocycles. The summed E-state index contributed by atoms with van der Waals surface area (Å²) < 4.78 is 27.0. The lowest BCUT2D eigenvalue weighted by Crippen LogP contribution is -2.26. The Morgan fingerprint density at radius 1 is 1.32 bits per heavy atom. The predicted octanol–water partition coefficient (Wildman–Crippen LogP) is 1.11. The molecule has 0 saturated heterocycles. The molecule has 0 unspecified atom stereocenters. The van der Waals surface area contributed by atoms with Crippen molar-refractivity contribution in [2.24, 2.45) is 5.92 Å². The minimum Gasteiger partial charge on any atom is -0.395 e. The zero-order chi connectivity index (χ0) is 13.7. The number of nitrogens with one attached hydrogen (secondary N) is 1. The lowest BCUT2D eigenvalue weighted by Gasteiger charge is -2.07. The van der Waals surface area contributed by atoms with E-state index in [4.69, 9.17) is 5.11 Å². The Hall–Kier alpha value is -1.35. The molecule has 1 aromatic carbocycles. The minimum atomic E-state index is -3.50. The van der Waals surface area contributed by atoms with E-state index in [1.54, 1.807) is 24.3 Å². The SMILES string of the molecule is O=S(=O)(NCC1CC1)c1ccccc1C#CCCO. The van der Waals surface area contributed by atoms with Gasteiger partial charge in [0.1, 0.15) is 0 Å². The first-order valence-corrected chi connectivity index (χ1v) is 7.80. The molecule has 0 radical (unpaired) electrons. The molecule has 102 valence electrons. The average molecular weight is 279 g/mol. The fourth-order valence-electron chi connectivity index (χ4n) is 1.65. The highest BCUT2D eigenvalue weighted by molar-refractivity contribution is 7.89. The van der Waals surface area contributed by atoms with Crippen molar-refractivity contribution in [3.63, 3.8) is 0 Å². The summed E-state index contributed by atoms with van der Waals surface area (Å²) in [6.07, 6.45) is 2.53. The Labute approximate surface area is 113 Å². The smallest absolute Gasteiger partial charge is 0.241 e. The number of hydrogen-bond donors (Lipinski definition) is 2. The standard InChI is InChI=1S/C14H17NO3S/c16-10-4-3-6-13-5-1-2-7-14(13)19(17,18)15-11-12-8-9-12/h1-2,5,7,12,15-16H,4,8-11H2. The molecule has 0 heterocycles. The maximum Gasteiger partial charge on any atom is 0.241 e. The van der Waals surface area contributed by atoms with E-state index < -0.39 is 10.0 Å². The summed E-state index contributed by atoms with van der Waals surface area (Å²) in [6, 6.07) is 6.67. The van der Waals surface area contributed by atoms with Crippen LogP contribution in [0.25, 0.3) is 0 Å². The van der Waals surface area contributed by atoms with Crippen LogP contribution in [0, 0.1) is 17.8 Å². The van der Waals surface area contributed by atoms with Gasteiger partial charge in [0.05, 0.1) is 11.5 Å². The number of aliphatic hydroxyl groups excluding tert-OH is 1. The van der Waals surface area contributed by atoms with Crippen molar-refractivity contribution < 1.29 is 13.5 Å². The lowest BCUT2D eigenvalue weighted by molar-refractivity contribution is 0.305. The minimum absolute atomic E-state index is 0.0259. The quantitative estimate of drug-likeness (QED) is 0.793. The third kappa shape index (κ3) is 4.06. The molecular weight excluding hydrogens is 262 g/mol. The van der Waals surface area contributed by atoms with Crippen molar-refractivity contribution in [1.29, 1.82) is 0 Å². The summed E-state index contributed by atoms with van der Waals surface area (Å²) in [4.78, 5) is 0.209. The molecule has 0 aliphatic heterocycles. The van der Waals surface area contributed by atoms with Crippen molar-refractivity contribution in [3.05, 3.63) is 29.8 Å². The van der Waals surface area contributed by atoms with E-state index in [1.165, 1.54) is 0 Å². The molecule has 4 nitrogen and oxygen atoms in total. The van der Waals surface area contributed by atoms with E-state index in [-0.39, 0.29) is 11.5 Å². The van der Waals surface area contributed by atoms with E-state index in [0.717, 1.165) is 12.8 Å². The van der Waals surface area contributed by atoms with Crippen LogP contribution in [0.15, 0.2) is 29.2 Å². The lowest BCUT2D eigenvalue weighted by atomic mass is 10.2. The van der Waals surface area contributed by atoms with Gasteiger partial charge in [-0.25, -0.2) is 13.1 Å². The zero-order valence-corrected chi connectivity index (χ0v) is 11.4. The Bertz CT molecular complexity index is 595. The molecule has 1 aliphatic rings. The molecule has 1 aromatic rings. The molecule has 5 heteroatoms. The van der Waals surface area contributed by atoms with Crippen LogP contribution in [0.2, 0.25) is 0 Å². The van der Waals surface area contributed by atoms with Crippen LogP contribution in [-0.4, -0.2) is 26.7 Å². The van der Waals surface area contributed by atoms with E-state index in [1.807, 2.05) is 0 Å². The van der Waals surface area contributed by atoms with Gasteiger partial charge >= 0.3 is 0 Å². The van der Waals surface area contributed by atoms with Gasteiger partial charge in [-0.15, -0.1) is 0 Å². The third-order valence-electron chi connectivity index (χ3n) is 2.90. The summed E-state index contributed by atoms with van der Waals surface area (Å²) in [6.45, 7) is 0.475. The number of rotatable bonds is 5. The molecule has 0 amide bonds. The Kier molecular flexibility index (Phi) is 4.59. The summed E-state index contributed by atoms with van der Waals surface area (Å²) in [5.74, 6) is 6.03. The summed E-state index contributed by atoms with van der Waals surface area (Å²) in [7, 11) is -3.50. The van der Waals surface area contributed by atoms with Crippen LogP contribution in [0.5, 0.6) is 0 Å². The molecule has 0 bridgehead atoms. The second-order valence-corrected chi connectivity index (χ2v) is 6.30. The summed E-state index contributed by atoms with van der Waals surface area (Å²) in [5.41, 5.74) is 0.472. The number of sulfonamides is 1. The molecule has 0 spiro atoms. The summed E-state index contributed by atoms with van der Waals surface area (Å²) in [5, 5.41) is 8.69. The Morgan fingerprint density at radius 2 is 2.05 bits per heavy atom. The van der Waals surface area contributed by atoms with Gasteiger partial charge in [0.2, 0.25) is 10.0 Å². The van der Waals surface area contributed by atoms with Crippen LogP contribution >= 0.6 is 0 Å². The molecule has 19 heavy (non-hydrogen) atoms. The van der Waals surface area contributed by atoms with Crippen molar-refractivity contribution in [2.45, 2.75) is 24.2 Å². The average Bonchev–Trinajstić information content (AvgIpc) is 3.21. The third-order valence-corrected chi connectivity index (χ3v) is 4.38. The molecule has 1 saturated carbocycles. The van der Waals surface area contributed by atoms with Crippen molar-refractivity contribution >= 4 is 10.0 Å². The van der Waals surface area contributed by atoms with Crippen LogP contribution in [-0.2, 0) is 10.0 Å². The highest BCUT2D eigenvalue weighted by atomic mass is 32.2. The molecular formula is C14H17NO3S. The normalized spacial score (nSPS) is 14.8. The number of hydrogen-bond acceptors (Lipinski definition) is 3. The highest BCUT2D eigenvalue weighted by Crippen LogP contribution is 2.28. The first-order valence-electron chi connectivity index (χ1n) is 6.32. The first kappa shape index (κ1) is 14.1. The Morgan fingerprint density at radius 3 is 2.74 bits per heavy atom. The van der Waals surface area contributed by atoms with Crippen molar-refractivity contribution in [2.75, 3.05) is 13.2 Å². The fourth-order valence-corrected chi connectivity index (χ4v) is 2.92. The van der Waals surface area contributed by atoms with Crippen LogP contribution in [0.3, 0.4) is 0 Å². The van der Waals surface area contributed by atoms with Gasteiger partial charge in [-0.2, -0.15) is 0 Å². The largest absolute Gasteiger partial charge is 0.395 e. The van der Waals surface area contributed by atoms with Gasteiger partial charge < -0.3 is 5.11 Å². The molecule has 2 rings (SSSR count). The summed E-state index contributed by atoms with van der Waals surface area (Å²) >= 11 is 0. The van der Waals surface area contributed by atoms with Gasteiger partial charge in [-0.05, 0) is 30.9 Å². The molecule has 2 N–H and O–H groups in total. The van der Waals surface area contributed by atoms with Crippen molar-refractivity contribution in [3.8, 4) is 11.8 Å². The monoisotopic (exact) mass is 279 g/mol. The molecule has 1 aliphatic carbocycles. The van der Waals surface area contributed by atoms with Crippen LogP contribution in [0.1, 0.15) is 24.8 Å². The first-order chi connectivity index (χ1) is 9.13. The predicted molar refractivity (Wildman–Crippen MR) is 72.9 cm³/mol. The van der Waals surface area contributed by atoms with Gasteiger partial charge in [-0.3, -0.25) is 0 Å². The maximum atomic E-state index is 12.2. The van der Waals surface area contributed by atoms with Crippen molar-refractivity contribution in [1.82, 2.24) is 4.72 Å². The second kappa shape index (κ2) is 6.20.